The molecule has 0 fully saturated rings. The average Bonchev–Trinajstić information content (AvgIpc) is 1.65. The third-order valence-electron chi connectivity index (χ3n) is 0.888. The molecule has 0 nitrogen and oxygen atoms in total. The zero-order valence-electron chi connectivity index (χ0n) is 4.62. The highest BCUT2D eigenvalue weighted by atomic mass is 127. The van der Waals surface area contributed by atoms with Crippen molar-refractivity contribution in [3.63, 3.8) is 0 Å². The third kappa shape index (κ3) is 3.26. The predicted molar refractivity (Wildman–Crippen MR) is 38.7 cm³/mol. The molecule has 0 heterocycles. The van der Waals surface area contributed by atoms with Gasteiger partial charge in [-0.05, 0) is 13.3 Å². The third-order valence-corrected chi connectivity index (χ3v) is 2.76. The van der Waals surface area contributed by atoms with Crippen LogP contribution in [-0.2, 0) is 0 Å². The fraction of sp³-hybridized carbons (Fsp3) is 1.00. The minimum absolute atomic E-state index is 0.206. The average molecular weight is 216 g/mol. The second-order valence-electron chi connectivity index (χ2n) is 1.60. The zero-order chi connectivity index (χ0) is 5.86. The van der Waals surface area contributed by atoms with Crippen LogP contribution in [0.25, 0.3) is 0 Å². The lowest BCUT2D eigenvalue weighted by molar-refractivity contribution is 0.355. The molecule has 0 saturated carbocycles. The summed E-state index contributed by atoms with van der Waals surface area (Å²) in [7, 11) is 0. The Morgan fingerprint density at radius 2 is 2.14 bits per heavy atom. The van der Waals surface area contributed by atoms with Crippen molar-refractivity contribution in [3.8, 4) is 0 Å². The van der Waals surface area contributed by atoms with E-state index >= 15 is 0 Å². The minimum Gasteiger partial charge on any atom is -0.247 e. The topological polar surface area (TPSA) is 0 Å². The number of alkyl halides is 2. The van der Waals surface area contributed by atoms with Crippen LogP contribution < -0.4 is 0 Å². The fourth-order valence-electron chi connectivity index (χ4n) is 0.325. The molecule has 0 radical (unpaired) electrons. The molecule has 0 N–H and O–H groups in total. The lowest BCUT2D eigenvalue weighted by Crippen LogP contribution is -2.08. The number of hydrogen-bond acceptors (Lipinski definition) is 0. The molecule has 0 rings (SSSR count). The molecular formula is C5H10FI. The van der Waals surface area contributed by atoms with Crippen molar-refractivity contribution in [2.75, 3.05) is 0 Å². The summed E-state index contributed by atoms with van der Waals surface area (Å²) in [5.74, 6) is 0. The van der Waals surface area contributed by atoms with E-state index in [1.54, 1.807) is 6.92 Å². The van der Waals surface area contributed by atoms with Crippen LogP contribution in [0.2, 0.25) is 0 Å². The van der Waals surface area contributed by atoms with Crippen molar-refractivity contribution < 1.29 is 4.39 Å². The van der Waals surface area contributed by atoms with E-state index in [1.807, 2.05) is 6.92 Å². The predicted octanol–water partition coefficient (Wildman–Crippen LogP) is 2.56. The second-order valence-corrected chi connectivity index (χ2v) is 3.20. The molecule has 44 valence electrons. The highest BCUT2D eigenvalue weighted by Gasteiger charge is 2.07. The molecule has 0 aromatic heterocycles. The first-order chi connectivity index (χ1) is 3.18. The first kappa shape index (κ1) is 7.66. The summed E-state index contributed by atoms with van der Waals surface area (Å²) in [6, 6.07) is 0. The first-order valence-electron chi connectivity index (χ1n) is 2.46. The van der Waals surface area contributed by atoms with Gasteiger partial charge in [-0.25, -0.2) is 4.39 Å². The lowest BCUT2D eigenvalue weighted by atomic mass is 10.2. The number of rotatable bonds is 2. The molecule has 0 aromatic carbocycles. The van der Waals surface area contributed by atoms with Crippen LogP contribution in [0.1, 0.15) is 20.3 Å². The van der Waals surface area contributed by atoms with Crippen LogP contribution >= 0.6 is 22.6 Å². The molecule has 0 aliphatic carbocycles. The van der Waals surface area contributed by atoms with Crippen LogP contribution in [0.3, 0.4) is 0 Å². The van der Waals surface area contributed by atoms with Gasteiger partial charge in [-0.2, -0.15) is 0 Å². The standard InChI is InChI=1S/C5H10FI/c1-3-5(7)4(2)6/h4-5H,3H2,1-2H3/t4?,5-/m0/s1. The van der Waals surface area contributed by atoms with Crippen LogP contribution in [0.4, 0.5) is 4.39 Å². The van der Waals surface area contributed by atoms with Crippen molar-refractivity contribution in [1.29, 1.82) is 0 Å². The summed E-state index contributed by atoms with van der Waals surface area (Å²) in [5.41, 5.74) is 0. The molecule has 0 bridgehead atoms. The van der Waals surface area contributed by atoms with E-state index in [0.29, 0.717) is 0 Å². The quantitative estimate of drug-likeness (QED) is 0.491. The summed E-state index contributed by atoms with van der Waals surface area (Å²) in [4.78, 5) is 0. The van der Waals surface area contributed by atoms with Crippen molar-refractivity contribution in [1.82, 2.24) is 0 Å². The molecular weight excluding hydrogens is 206 g/mol. The van der Waals surface area contributed by atoms with Gasteiger partial charge in [-0.15, -0.1) is 0 Å². The molecule has 1 unspecified atom stereocenters. The van der Waals surface area contributed by atoms with Crippen LogP contribution in [0.15, 0.2) is 0 Å². The van der Waals surface area contributed by atoms with E-state index in [9.17, 15) is 4.39 Å². The molecule has 0 saturated heterocycles. The highest BCUT2D eigenvalue weighted by molar-refractivity contribution is 14.1. The van der Waals surface area contributed by atoms with Crippen molar-refractivity contribution in [3.05, 3.63) is 0 Å². The molecule has 0 aliphatic rings. The summed E-state index contributed by atoms with van der Waals surface area (Å²) in [5, 5.41) is 0. The maximum absolute atomic E-state index is 12.1. The molecule has 7 heavy (non-hydrogen) atoms. The van der Waals surface area contributed by atoms with Crippen LogP contribution in [0, 0.1) is 0 Å². The molecule has 2 atom stereocenters. The van der Waals surface area contributed by atoms with E-state index in [4.69, 9.17) is 0 Å². The largest absolute Gasteiger partial charge is 0.247 e. The van der Waals surface area contributed by atoms with E-state index in [1.165, 1.54) is 0 Å². The Morgan fingerprint density at radius 1 is 1.71 bits per heavy atom. The zero-order valence-corrected chi connectivity index (χ0v) is 6.78. The molecule has 0 aliphatic heterocycles. The Balaban J connectivity index is 3.14. The Labute approximate surface area is 57.6 Å². The summed E-state index contributed by atoms with van der Waals surface area (Å²) < 4.78 is 12.3. The Hall–Kier alpha value is 0.660. The molecule has 0 spiro atoms. The molecule has 2 heteroatoms. The lowest BCUT2D eigenvalue weighted by Gasteiger charge is -2.04. The van der Waals surface area contributed by atoms with Crippen LogP contribution in [0.5, 0.6) is 0 Å². The Kier molecular flexibility index (Phi) is 3.98. The van der Waals surface area contributed by atoms with Gasteiger partial charge in [-0.3, -0.25) is 0 Å². The normalized spacial score (nSPS) is 18.9. The van der Waals surface area contributed by atoms with E-state index in [2.05, 4.69) is 22.6 Å². The number of hydrogen-bond donors (Lipinski definition) is 0. The van der Waals surface area contributed by atoms with Crippen molar-refractivity contribution in [2.45, 2.75) is 30.4 Å². The monoisotopic (exact) mass is 216 g/mol. The molecule has 0 aromatic rings. The van der Waals surface area contributed by atoms with Gasteiger partial charge in [0.2, 0.25) is 0 Å². The molecule has 0 amide bonds. The van der Waals surface area contributed by atoms with E-state index < -0.39 is 6.17 Å². The maximum atomic E-state index is 12.1. The fourth-order valence-corrected chi connectivity index (χ4v) is 0.325. The van der Waals surface area contributed by atoms with Gasteiger partial charge in [0.15, 0.2) is 0 Å². The van der Waals surface area contributed by atoms with E-state index in [0.717, 1.165) is 6.42 Å². The van der Waals surface area contributed by atoms with Gasteiger partial charge >= 0.3 is 0 Å². The Bertz CT molecular complexity index is 45.3. The van der Waals surface area contributed by atoms with Crippen molar-refractivity contribution in [2.24, 2.45) is 0 Å². The van der Waals surface area contributed by atoms with Crippen LogP contribution in [-0.4, -0.2) is 10.1 Å². The smallest absolute Gasteiger partial charge is 0.109 e. The van der Waals surface area contributed by atoms with Crippen molar-refractivity contribution >= 4 is 22.6 Å². The Morgan fingerprint density at radius 3 is 2.14 bits per heavy atom. The van der Waals surface area contributed by atoms with Gasteiger partial charge in [0, 0.05) is 3.92 Å². The van der Waals surface area contributed by atoms with E-state index in [-0.39, 0.29) is 3.92 Å². The van der Waals surface area contributed by atoms with Gasteiger partial charge < -0.3 is 0 Å². The SMILES string of the molecule is CC[C@H](I)C(C)F. The van der Waals surface area contributed by atoms with Gasteiger partial charge in [0.1, 0.15) is 6.17 Å². The summed E-state index contributed by atoms with van der Waals surface area (Å²) in [6.45, 7) is 3.59. The van der Waals surface area contributed by atoms with Gasteiger partial charge in [0.25, 0.3) is 0 Å². The van der Waals surface area contributed by atoms with Gasteiger partial charge in [0.05, 0.1) is 0 Å². The summed E-state index contributed by atoms with van der Waals surface area (Å²) >= 11 is 2.12. The minimum atomic E-state index is -0.648. The van der Waals surface area contributed by atoms with Gasteiger partial charge in [-0.1, -0.05) is 29.5 Å². The number of halogens is 2. The summed E-state index contributed by atoms with van der Waals surface area (Å²) in [6.07, 6.45) is 0.281. The first-order valence-corrected chi connectivity index (χ1v) is 3.71. The second kappa shape index (κ2) is 3.64. The highest BCUT2D eigenvalue weighted by Crippen LogP contribution is 2.12. The maximum Gasteiger partial charge on any atom is 0.109 e.